The average molecular weight is 259 g/mol. The normalized spacial score (nSPS) is 14.9. The lowest BCUT2D eigenvalue weighted by atomic mass is 9.98. The van der Waals surface area contributed by atoms with Crippen molar-refractivity contribution >= 4 is 27.3 Å². The maximum atomic E-state index is 8.83. The van der Waals surface area contributed by atoms with Gasteiger partial charge in [-0.25, -0.2) is 0 Å². The molecule has 0 saturated heterocycles. The second-order valence-electron chi connectivity index (χ2n) is 2.84. The van der Waals surface area contributed by atoms with Crippen molar-refractivity contribution in [2.75, 3.05) is 0 Å². The van der Waals surface area contributed by atoms with E-state index in [1.54, 1.807) is 11.3 Å². The molecule has 1 heterocycles. The van der Waals surface area contributed by atoms with Gasteiger partial charge < -0.3 is 5.73 Å². The van der Waals surface area contributed by atoms with Crippen LogP contribution in [0.15, 0.2) is 15.9 Å². The van der Waals surface area contributed by atoms with E-state index >= 15 is 0 Å². The minimum absolute atomic E-state index is 0.0782. The average Bonchev–Trinajstić information content (AvgIpc) is 2.54. The molecule has 70 valence electrons. The van der Waals surface area contributed by atoms with Crippen molar-refractivity contribution in [3.8, 4) is 6.07 Å². The van der Waals surface area contributed by atoms with E-state index in [9.17, 15) is 0 Å². The van der Waals surface area contributed by atoms with Gasteiger partial charge >= 0.3 is 0 Å². The van der Waals surface area contributed by atoms with Crippen molar-refractivity contribution in [1.29, 1.82) is 5.26 Å². The summed E-state index contributed by atoms with van der Waals surface area (Å²) in [5.74, 6) is -0.0782. The van der Waals surface area contributed by atoms with Crippen molar-refractivity contribution in [2.45, 2.75) is 19.4 Å². The van der Waals surface area contributed by atoms with Gasteiger partial charge in [-0.3, -0.25) is 0 Å². The molecule has 0 saturated carbocycles. The second kappa shape index (κ2) is 4.75. The Kier molecular flexibility index (Phi) is 3.91. The molecule has 0 aromatic carbocycles. The summed E-state index contributed by atoms with van der Waals surface area (Å²) < 4.78 is 1.04. The molecule has 0 aliphatic heterocycles. The first-order valence-corrected chi connectivity index (χ1v) is 5.75. The lowest BCUT2D eigenvalue weighted by Gasteiger charge is -2.13. The highest BCUT2D eigenvalue weighted by atomic mass is 79.9. The van der Waals surface area contributed by atoms with Gasteiger partial charge in [-0.1, -0.05) is 6.92 Å². The Balaban J connectivity index is 2.78. The van der Waals surface area contributed by atoms with Crippen LogP contribution in [0, 0.1) is 17.2 Å². The lowest BCUT2D eigenvalue weighted by Crippen LogP contribution is -2.18. The van der Waals surface area contributed by atoms with E-state index in [-0.39, 0.29) is 12.0 Å². The van der Waals surface area contributed by atoms with E-state index in [1.807, 2.05) is 18.4 Å². The Morgan fingerprint density at radius 3 is 2.85 bits per heavy atom. The third kappa shape index (κ3) is 2.53. The minimum Gasteiger partial charge on any atom is -0.322 e. The zero-order valence-electron chi connectivity index (χ0n) is 7.33. The van der Waals surface area contributed by atoms with Gasteiger partial charge in [0.15, 0.2) is 0 Å². The van der Waals surface area contributed by atoms with Gasteiger partial charge in [-0.05, 0) is 28.4 Å². The molecule has 1 rings (SSSR count). The molecular formula is C9H11BrN2S. The summed E-state index contributed by atoms with van der Waals surface area (Å²) in [5.41, 5.74) is 5.94. The molecule has 0 radical (unpaired) electrons. The maximum Gasteiger partial charge on any atom is 0.0675 e. The second-order valence-corrected chi connectivity index (χ2v) is 4.70. The number of nitriles is 1. The summed E-state index contributed by atoms with van der Waals surface area (Å²) in [4.78, 5) is 1.07. The minimum atomic E-state index is -0.147. The van der Waals surface area contributed by atoms with Crippen LogP contribution in [0.3, 0.4) is 0 Å². The van der Waals surface area contributed by atoms with Crippen LogP contribution in [0.4, 0.5) is 0 Å². The van der Waals surface area contributed by atoms with Crippen LogP contribution in [-0.4, -0.2) is 0 Å². The highest BCUT2D eigenvalue weighted by molar-refractivity contribution is 9.10. The van der Waals surface area contributed by atoms with Crippen LogP contribution >= 0.6 is 27.3 Å². The molecule has 13 heavy (non-hydrogen) atoms. The fourth-order valence-corrected chi connectivity index (χ4v) is 2.64. The molecule has 2 nitrogen and oxygen atoms in total. The number of hydrogen-bond acceptors (Lipinski definition) is 3. The van der Waals surface area contributed by atoms with Crippen molar-refractivity contribution < 1.29 is 0 Å². The fourth-order valence-electron chi connectivity index (χ4n) is 1.13. The maximum absolute atomic E-state index is 8.83. The zero-order chi connectivity index (χ0) is 9.84. The topological polar surface area (TPSA) is 49.8 Å². The molecule has 0 aliphatic carbocycles. The van der Waals surface area contributed by atoms with Crippen LogP contribution in [0.25, 0.3) is 0 Å². The first-order chi connectivity index (χ1) is 6.19. The highest BCUT2D eigenvalue weighted by Crippen LogP contribution is 2.29. The van der Waals surface area contributed by atoms with E-state index in [0.717, 1.165) is 15.8 Å². The first kappa shape index (κ1) is 10.7. The monoisotopic (exact) mass is 258 g/mol. The quantitative estimate of drug-likeness (QED) is 0.906. The Morgan fingerprint density at radius 2 is 2.46 bits per heavy atom. The smallest absolute Gasteiger partial charge is 0.0675 e. The van der Waals surface area contributed by atoms with Crippen LogP contribution in [0.1, 0.15) is 24.3 Å². The Labute approximate surface area is 90.5 Å². The predicted octanol–water partition coefficient (Wildman–Crippen LogP) is 3.06. The molecule has 0 aliphatic rings. The number of hydrogen-bond donors (Lipinski definition) is 1. The van der Waals surface area contributed by atoms with Gasteiger partial charge in [0, 0.05) is 14.7 Å². The highest BCUT2D eigenvalue weighted by Gasteiger charge is 2.18. The summed E-state index contributed by atoms with van der Waals surface area (Å²) in [5, 5.41) is 10.8. The van der Waals surface area contributed by atoms with Gasteiger partial charge in [0.25, 0.3) is 0 Å². The molecule has 4 heteroatoms. The summed E-state index contributed by atoms with van der Waals surface area (Å²) in [6.07, 6.45) is 0.799. The summed E-state index contributed by atoms with van der Waals surface area (Å²) >= 11 is 4.96. The number of nitrogens with zero attached hydrogens (tertiary/aromatic N) is 1. The zero-order valence-corrected chi connectivity index (χ0v) is 9.73. The van der Waals surface area contributed by atoms with E-state index < -0.39 is 0 Å². The molecule has 0 amide bonds. The Morgan fingerprint density at radius 1 is 1.77 bits per heavy atom. The van der Waals surface area contributed by atoms with Crippen LogP contribution in [0.2, 0.25) is 0 Å². The molecule has 2 unspecified atom stereocenters. The Bertz CT molecular complexity index is 316. The van der Waals surface area contributed by atoms with Crippen molar-refractivity contribution in [3.63, 3.8) is 0 Å². The van der Waals surface area contributed by atoms with Gasteiger partial charge in [-0.15, -0.1) is 11.3 Å². The third-order valence-corrected chi connectivity index (χ3v) is 3.75. The third-order valence-electron chi connectivity index (χ3n) is 1.96. The standard InChI is InChI=1S/C9H11BrN2S/c1-2-6(4-11)9(12)8-3-7(10)5-13-8/h3,5-6,9H,2,12H2,1H3. The molecule has 0 bridgehead atoms. The fraction of sp³-hybridized carbons (Fsp3) is 0.444. The van der Waals surface area contributed by atoms with Crippen molar-refractivity contribution in [1.82, 2.24) is 0 Å². The molecule has 1 aromatic rings. The van der Waals surface area contributed by atoms with E-state index in [1.165, 1.54) is 0 Å². The van der Waals surface area contributed by atoms with E-state index in [2.05, 4.69) is 22.0 Å². The van der Waals surface area contributed by atoms with Crippen LogP contribution in [0.5, 0.6) is 0 Å². The van der Waals surface area contributed by atoms with Crippen LogP contribution in [-0.2, 0) is 0 Å². The molecule has 0 fully saturated rings. The molecular weight excluding hydrogens is 248 g/mol. The molecule has 0 spiro atoms. The number of rotatable bonds is 3. The largest absolute Gasteiger partial charge is 0.322 e. The van der Waals surface area contributed by atoms with Gasteiger partial charge in [0.05, 0.1) is 18.0 Å². The van der Waals surface area contributed by atoms with E-state index in [4.69, 9.17) is 11.0 Å². The van der Waals surface area contributed by atoms with Crippen molar-refractivity contribution in [2.24, 2.45) is 11.7 Å². The van der Waals surface area contributed by atoms with Gasteiger partial charge in [-0.2, -0.15) is 5.26 Å². The SMILES string of the molecule is CCC(C#N)C(N)c1cc(Br)cs1. The molecule has 2 N–H and O–H groups in total. The van der Waals surface area contributed by atoms with Crippen molar-refractivity contribution in [3.05, 3.63) is 20.8 Å². The van der Waals surface area contributed by atoms with Crippen LogP contribution < -0.4 is 5.73 Å². The molecule has 1 aromatic heterocycles. The first-order valence-electron chi connectivity index (χ1n) is 4.08. The van der Waals surface area contributed by atoms with E-state index in [0.29, 0.717) is 0 Å². The van der Waals surface area contributed by atoms with Gasteiger partial charge in [0.2, 0.25) is 0 Å². The predicted molar refractivity (Wildman–Crippen MR) is 58.3 cm³/mol. The summed E-state index contributed by atoms with van der Waals surface area (Å²) in [6, 6.07) is 4.06. The lowest BCUT2D eigenvalue weighted by molar-refractivity contribution is 0.524. The number of nitrogens with two attached hydrogens (primary N) is 1. The molecule has 2 atom stereocenters. The van der Waals surface area contributed by atoms with Gasteiger partial charge in [0.1, 0.15) is 0 Å². The Hall–Kier alpha value is -0.370. The number of halogens is 1. The number of thiophene rings is 1. The summed E-state index contributed by atoms with van der Waals surface area (Å²) in [6.45, 7) is 1.98. The summed E-state index contributed by atoms with van der Waals surface area (Å²) in [7, 11) is 0.